The Kier molecular flexibility index (Phi) is 5.62. The monoisotopic (exact) mass is 412 g/mol. The standard InChI is InChI=1S/C22H21FN2O3S/c1-22(26,13-24-12-15-4-2-6-17(23)10-15)14-27-18-7-3-5-16(11-18)20-21-19(28-25-20)8-9-29-21/h2-11,24,26H,12-14H2,1H3/t22-/m0/s1. The average molecular weight is 412 g/mol. The molecule has 2 aromatic carbocycles. The van der Waals surface area contributed by atoms with Crippen LogP contribution in [-0.2, 0) is 6.54 Å². The first-order valence-electron chi connectivity index (χ1n) is 9.24. The molecule has 0 amide bonds. The molecule has 29 heavy (non-hydrogen) atoms. The van der Waals surface area contributed by atoms with E-state index in [0.29, 0.717) is 18.8 Å². The minimum atomic E-state index is -1.09. The Labute approximate surface area is 171 Å². The quantitative estimate of drug-likeness (QED) is 0.442. The van der Waals surface area contributed by atoms with E-state index in [1.165, 1.54) is 12.1 Å². The molecule has 0 aliphatic rings. The molecule has 2 heterocycles. The fraction of sp³-hybridized carbons (Fsp3) is 0.227. The fourth-order valence-corrected chi connectivity index (χ4v) is 3.82. The van der Waals surface area contributed by atoms with Gasteiger partial charge in [-0.25, -0.2) is 4.39 Å². The summed E-state index contributed by atoms with van der Waals surface area (Å²) in [6.07, 6.45) is 0. The molecule has 5 nitrogen and oxygen atoms in total. The highest BCUT2D eigenvalue weighted by Crippen LogP contribution is 2.33. The number of nitrogens with zero attached hydrogens (tertiary/aromatic N) is 1. The van der Waals surface area contributed by atoms with E-state index >= 15 is 0 Å². The number of rotatable bonds is 8. The van der Waals surface area contributed by atoms with Crippen LogP contribution in [0.15, 0.2) is 64.5 Å². The first-order valence-corrected chi connectivity index (χ1v) is 10.1. The first-order chi connectivity index (χ1) is 14.0. The van der Waals surface area contributed by atoms with Crippen LogP contribution >= 0.6 is 11.3 Å². The maximum Gasteiger partial charge on any atom is 0.178 e. The minimum Gasteiger partial charge on any atom is -0.491 e. The highest BCUT2D eigenvalue weighted by molar-refractivity contribution is 7.17. The molecule has 0 saturated heterocycles. The van der Waals surface area contributed by atoms with E-state index in [0.717, 1.165) is 27.1 Å². The summed E-state index contributed by atoms with van der Waals surface area (Å²) in [5.74, 6) is 0.367. The molecule has 0 fully saturated rings. The van der Waals surface area contributed by atoms with Crippen molar-refractivity contribution in [3.63, 3.8) is 0 Å². The number of fused-ring (bicyclic) bond motifs is 1. The summed E-state index contributed by atoms with van der Waals surface area (Å²) in [6, 6.07) is 15.8. The zero-order chi connectivity index (χ0) is 20.3. The van der Waals surface area contributed by atoms with E-state index in [4.69, 9.17) is 9.26 Å². The van der Waals surface area contributed by atoms with Crippen molar-refractivity contribution in [3.8, 4) is 17.0 Å². The Hall–Kier alpha value is -2.74. The van der Waals surface area contributed by atoms with E-state index in [2.05, 4.69) is 10.5 Å². The highest BCUT2D eigenvalue weighted by atomic mass is 32.1. The number of benzene rings is 2. The Morgan fingerprint density at radius 2 is 2.07 bits per heavy atom. The molecule has 4 aromatic rings. The molecule has 2 aromatic heterocycles. The van der Waals surface area contributed by atoms with E-state index < -0.39 is 5.60 Å². The molecule has 150 valence electrons. The molecular weight excluding hydrogens is 391 g/mol. The summed E-state index contributed by atoms with van der Waals surface area (Å²) in [5, 5.41) is 19.8. The Morgan fingerprint density at radius 3 is 2.93 bits per heavy atom. The third kappa shape index (κ3) is 4.82. The number of halogens is 1. The maximum atomic E-state index is 13.2. The molecule has 1 atom stereocenters. The Bertz CT molecular complexity index is 1110. The number of hydrogen-bond acceptors (Lipinski definition) is 6. The normalized spacial score (nSPS) is 13.5. The second kappa shape index (κ2) is 8.32. The Balaban J connectivity index is 1.35. The summed E-state index contributed by atoms with van der Waals surface area (Å²) < 4.78 is 25.4. The van der Waals surface area contributed by atoms with Crippen LogP contribution in [0.5, 0.6) is 5.75 Å². The lowest BCUT2D eigenvalue weighted by Gasteiger charge is -2.24. The third-order valence-electron chi connectivity index (χ3n) is 4.46. The summed E-state index contributed by atoms with van der Waals surface area (Å²) in [6.45, 7) is 2.58. The molecule has 4 rings (SSSR count). The summed E-state index contributed by atoms with van der Waals surface area (Å²) in [7, 11) is 0. The van der Waals surface area contributed by atoms with Gasteiger partial charge in [0.2, 0.25) is 0 Å². The molecule has 0 saturated carbocycles. The van der Waals surface area contributed by atoms with Crippen molar-refractivity contribution in [2.45, 2.75) is 19.1 Å². The maximum absolute atomic E-state index is 13.2. The summed E-state index contributed by atoms with van der Waals surface area (Å²) in [5.41, 5.74) is 2.18. The van der Waals surface area contributed by atoms with Crippen molar-refractivity contribution in [1.29, 1.82) is 0 Å². The van der Waals surface area contributed by atoms with Crippen LogP contribution in [0, 0.1) is 5.82 Å². The predicted molar refractivity (Wildman–Crippen MR) is 112 cm³/mol. The largest absolute Gasteiger partial charge is 0.491 e. The van der Waals surface area contributed by atoms with Gasteiger partial charge in [0.15, 0.2) is 5.58 Å². The molecule has 7 heteroatoms. The van der Waals surface area contributed by atoms with Crippen molar-refractivity contribution in [1.82, 2.24) is 10.5 Å². The van der Waals surface area contributed by atoms with Crippen LogP contribution in [-0.4, -0.2) is 29.0 Å². The van der Waals surface area contributed by atoms with Crippen LogP contribution in [0.4, 0.5) is 4.39 Å². The third-order valence-corrected chi connectivity index (χ3v) is 5.36. The van der Waals surface area contributed by atoms with Gasteiger partial charge in [-0.2, -0.15) is 0 Å². The fourth-order valence-electron chi connectivity index (χ4n) is 3.01. The van der Waals surface area contributed by atoms with Crippen molar-refractivity contribution >= 4 is 21.6 Å². The van der Waals surface area contributed by atoms with Gasteiger partial charge in [-0.3, -0.25) is 0 Å². The molecule has 0 aliphatic carbocycles. The van der Waals surface area contributed by atoms with Gasteiger partial charge in [0.25, 0.3) is 0 Å². The number of thiophene rings is 1. The second-order valence-electron chi connectivity index (χ2n) is 7.19. The van der Waals surface area contributed by atoms with E-state index in [-0.39, 0.29) is 12.4 Å². The number of aromatic nitrogens is 1. The lowest BCUT2D eigenvalue weighted by molar-refractivity contribution is 0.0121. The molecule has 0 bridgehead atoms. The van der Waals surface area contributed by atoms with Crippen LogP contribution in [0.3, 0.4) is 0 Å². The number of aliphatic hydroxyl groups is 1. The van der Waals surface area contributed by atoms with Gasteiger partial charge in [-0.15, -0.1) is 11.3 Å². The van der Waals surface area contributed by atoms with Gasteiger partial charge < -0.3 is 19.7 Å². The first kappa shape index (κ1) is 19.6. The zero-order valence-corrected chi connectivity index (χ0v) is 16.7. The molecule has 0 radical (unpaired) electrons. The predicted octanol–water partition coefficient (Wildman–Crippen LogP) is 4.62. The van der Waals surface area contributed by atoms with Gasteiger partial charge in [0.05, 0.1) is 0 Å². The molecular formula is C22H21FN2O3S. The van der Waals surface area contributed by atoms with Crippen molar-refractivity contribution in [2.24, 2.45) is 0 Å². The van der Waals surface area contributed by atoms with Crippen LogP contribution in [0.1, 0.15) is 12.5 Å². The second-order valence-corrected chi connectivity index (χ2v) is 8.11. The van der Waals surface area contributed by atoms with Crippen molar-refractivity contribution < 1.29 is 18.8 Å². The molecule has 0 aliphatic heterocycles. The lowest BCUT2D eigenvalue weighted by atomic mass is 10.1. The summed E-state index contributed by atoms with van der Waals surface area (Å²) in [4.78, 5) is 0. The molecule has 0 spiro atoms. The highest BCUT2D eigenvalue weighted by Gasteiger charge is 2.21. The lowest BCUT2D eigenvalue weighted by Crippen LogP contribution is -2.42. The van der Waals surface area contributed by atoms with Crippen LogP contribution < -0.4 is 10.1 Å². The van der Waals surface area contributed by atoms with Crippen LogP contribution in [0.25, 0.3) is 21.5 Å². The van der Waals surface area contributed by atoms with Gasteiger partial charge in [-0.1, -0.05) is 29.4 Å². The topological polar surface area (TPSA) is 67.5 Å². The van der Waals surface area contributed by atoms with Gasteiger partial charge in [0, 0.05) is 18.7 Å². The van der Waals surface area contributed by atoms with Crippen molar-refractivity contribution in [2.75, 3.05) is 13.2 Å². The van der Waals surface area contributed by atoms with E-state index in [9.17, 15) is 9.50 Å². The van der Waals surface area contributed by atoms with Crippen LogP contribution in [0.2, 0.25) is 0 Å². The number of hydrogen-bond donors (Lipinski definition) is 2. The molecule has 0 unspecified atom stereocenters. The minimum absolute atomic E-state index is 0.111. The molecule has 2 N–H and O–H groups in total. The average Bonchev–Trinajstić information content (AvgIpc) is 3.30. The number of nitrogens with one attached hydrogen (secondary N) is 1. The zero-order valence-electron chi connectivity index (χ0n) is 15.9. The van der Waals surface area contributed by atoms with E-state index in [1.807, 2.05) is 41.8 Å². The van der Waals surface area contributed by atoms with E-state index in [1.54, 1.807) is 24.3 Å². The summed E-state index contributed by atoms with van der Waals surface area (Å²) >= 11 is 1.58. The van der Waals surface area contributed by atoms with Gasteiger partial charge in [-0.05, 0) is 48.2 Å². The number of ether oxygens (including phenoxy) is 1. The smallest absolute Gasteiger partial charge is 0.178 e. The SMILES string of the molecule is C[C@](O)(CNCc1cccc(F)c1)COc1cccc(-c2noc3ccsc23)c1. The van der Waals surface area contributed by atoms with Crippen molar-refractivity contribution in [3.05, 3.63) is 71.4 Å². The van der Waals surface area contributed by atoms with Gasteiger partial charge in [0.1, 0.15) is 34.2 Å². The Morgan fingerprint density at radius 1 is 1.21 bits per heavy atom. The van der Waals surface area contributed by atoms with Gasteiger partial charge >= 0.3 is 0 Å².